The summed E-state index contributed by atoms with van der Waals surface area (Å²) in [6.45, 7) is 5.43. The quantitative estimate of drug-likeness (QED) is 0.260. The summed E-state index contributed by atoms with van der Waals surface area (Å²) in [5, 5.41) is 21.2. The third-order valence-corrected chi connectivity index (χ3v) is 11.6. The Kier molecular flexibility index (Phi) is 7.17. The molecular weight excluding hydrogens is 634 g/mol. The van der Waals surface area contributed by atoms with Crippen molar-refractivity contribution >= 4 is 54.7 Å². The van der Waals surface area contributed by atoms with Gasteiger partial charge in [0.2, 0.25) is 0 Å². The average Bonchev–Trinajstić information content (AvgIpc) is 3.58. The second kappa shape index (κ2) is 11.0. The third-order valence-electron chi connectivity index (χ3n) is 10.2. The molecule has 0 aliphatic carbocycles. The average molecular weight is 667 g/mol. The lowest BCUT2D eigenvalue weighted by atomic mass is 9.92. The van der Waals surface area contributed by atoms with Crippen LogP contribution >= 0.6 is 22.9 Å². The monoisotopic (exact) mass is 666 g/mol. The number of fused-ring (bicyclic) bond motifs is 4. The van der Waals surface area contributed by atoms with E-state index in [0.29, 0.717) is 49.5 Å². The first-order valence-corrected chi connectivity index (χ1v) is 17.0. The molecule has 3 N–H and O–H groups in total. The molecule has 2 unspecified atom stereocenters. The molecule has 2 aromatic heterocycles. The van der Waals surface area contributed by atoms with Gasteiger partial charge in [-0.2, -0.15) is 15.2 Å². The van der Waals surface area contributed by atoms with Gasteiger partial charge in [-0.1, -0.05) is 24.6 Å². The molecule has 9 nitrogen and oxygen atoms in total. The predicted octanol–water partition coefficient (Wildman–Crippen LogP) is 6.26. The summed E-state index contributed by atoms with van der Waals surface area (Å²) >= 11 is 7.97. The van der Waals surface area contributed by atoms with Crippen LogP contribution in [-0.4, -0.2) is 70.5 Å². The summed E-state index contributed by atoms with van der Waals surface area (Å²) in [6, 6.07) is 4.47. The Labute approximate surface area is 273 Å². The van der Waals surface area contributed by atoms with E-state index in [1.54, 1.807) is 0 Å². The molecule has 0 bridgehead atoms. The van der Waals surface area contributed by atoms with Crippen LogP contribution < -0.4 is 20.1 Å². The lowest BCUT2D eigenvalue weighted by molar-refractivity contribution is 0.107. The van der Waals surface area contributed by atoms with Crippen molar-refractivity contribution in [2.75, 3.05) is 43.5 Å². The van der Waals surface area contributed by atoms with E-state index in [9.17, 15) is 14.8 Å². The number of halogens is 3. The molecule has 13 heteroatoms. The van der Waals surface area contributed by atoms with Crippen LogP contribution in [0.3, 0.4) is 0 Å². The van der Waals surface area contributed by atoms with Crippen LogP contribution in [-0.2, 0) is 0 Å². The standard InChI is InChI=1S/C33H33ClF2N6O3S/c1-16-11-33(7-3-8-41(33)13-16)15-45-32-39-27-24-28(44-14-17-10-18(43)4-2-9-42(17)31(24)40-32)25(34)23(26(27)36)19-5-6-21(35)29-22(19)20(12-37)30(38)46-29/h5-6,16-18,43H,2-4,7-11,13-15,38H2,1H3/t16-,17?,18?,33+/m1/s1. The molecule has 0 amide bonds. The Morgan fingerprint density at radius 3 is 2.93 bits per heavy atom. The fourth-order valence-corrected chi connectivity index (χ4v) is 9.55. The maximum atomic E-state index is 17.1. The number of rotatable bonds is 4. The molecule has 46 heavy (non-hydrogen) atoms. The first-order valence-electron chi connectivity index (χ1n) is 15.8. The summed E-state index contributed by atoms with van der Waals surface area (Å²) in [6.07, 6.45) is 4.39. The smallest absolute Gasteiger partial charge is 0.319 e. The van der Waals surface area contributed by atoms with Crippen molar-refractivity contribution in [2.24, 2.45) is 5.92 Å². The summed E-state index contributed by atoms with van der Waals surface area (Å²) in [7, 11) is 0. The van der Waals surface area contributed by atoms with E-state index in [2.05, 4.69) is 21.7 Å². The van der Waals surface area contributed by atoms with Gasteiger partial charge in [0.1, 0.15) is 41.4 Å². The summed E-state index contributed by atoms with van der Waals surface area (Å²) in [5.74, 6) is -0.139. The van der Waals surface area contributed by atoms with Gasteiger partial charge in [0, 0.05) is 24.0 Å². The zero-order valence-electron chi connectivity index (χ0n) is 25.3. The number of hydrogen-bond acceptors (Lipinski definition) is 10. The topological polar surface area (TPSA) is 121 Å². The Morgan fingerprint density at radius 1 is 1.26 bits per heavy atom. The van der Waals surface area contributed by atoms with Gasteiger partial charge in [0.15, 0.2) is 11.6 Å². The number of aliphatic hydroxyl groups excluding tert-OH is 1. The lowest BCUT2D eigenvalue weighted by Crippen LogP contribution is -2.43. The molecule has 3 saturated heterocycles. The fraction of sp³-hybridized carbons (Fsp3) is 0.485. The largest absolute Gasteiger partial charge is 0.489 e. The normalized spacial score (nSPS) is 26.0. The molecule has 0 radical (unpaired) electrons. The third kappa shape index (κ3) is 4.50. The van der Waals surface area contributed by atoms with Gasteiger partial charge in [-0.05, 0) is 62.6 Å². The van der Waals surface area contributed by atoms with Crippen LogP contribution in [0.25, 0.3) is 32.1 Å². The van der Waals surface area contributed by atoms with Crippen molar-refractivity contribution in [3.8, 4) is 29.0 Å². The number of nitriles is 1. The maximum absolute atomic E-state index is 17.1. The highest BCUT2D eigenvalue weighted by Crippen LogP contribution is 2.51. The minimum atomic E-state index is -0.758. The molecule has 0 saturated carbocycles. The van der Waals surface area contributed by atoms with Crippen LogP contribution in [0.2, 0.25) is 5.02 Å². The first-order chi connectivity index (χ1) is 22.2. The van der Waals surface area contributed by atoms with Crippen molar-refractivity contribution in [3.05, 3.63) is 34.4 Å². The molecule has 0 spiro atoms. The number of thiophene rings is 1. The Morgan fingerprint density at radius 2 is 2.11 bits per heavy atom. The highest BCUT2D eigenvalue weighted by molar-refractivity contribution is 7.23. The van der Waals surface area contributed by atoms with Crippen LogP contribution in [0.15, 0.2) is 12.1 Å². The second-order valence-corrected chi connectivity index (χ2v) is 14.6. The zero-order valence-corrected chi connectivity index (χ0v) is 26.9. The molecule has 4 aromatic rings. The number of anilines is 2. The molecule has 4 aliphatic rings. The van der Waals surface area contributed by atoms with Crippen LogP contribution in [0, 0.1) is 28.9 Å². The van der Waals surface area contributed by atoms with E-state index < -0.39 is 17.7 Å². The van der Waals surface area contributed by atoms with Crippen LogP contribution in [0.4, 0.5) is 19.6 Å². The number of aromatic nitrogens is 2. The van der Waals surface area contributed by atoms with Crippen molar-refractivity contribution in [2.45, 2.75) is 63.1 Å². The van der Waals surface area contributed by atoms with Gasteiger partial charge in [0.25, 0.3) is 0 Å². The molecule has 2 aromatic carbocycles. The number of nitrogen functional groups attached to an aromatic ring is 1. The molecular formula is C33H33ClF2N6O3S. The SMILES string of the molecule is C[C@H]1CN2CCC[C@@]2(COc2nc3c4c(c(Cl)c(-c5ccc(F)c6sc(N)c(C#N)c56)c(F)c4n2)OCC2CC(O)CCCN32)C1. The maximum Gasteiger partial charge on any atom is 0.319 e. The number of aliphatic hydroxyl groups is 1. The molecule has 3 fully saturated rings. The highest BCUT2D eigenvalue weighted by Gasteiger charge is 2.48. The Hall–Kier alpha value is -3.50. The first kappa shape index (κ1) is 29.9. The number of hydrogen-bond donors (Lipinski definition) is 2. The number of benzene rings is 2. The van der Waals surface area contributed by atoms with Gasteiger partial charge in [-0.15, -0.1) is 11.3 Å². The molecule has 4 atom stereocenters. The molecule has 240 valence electrons. The summed E-state index contributed by atoms with van der Waals surface area (Å²) in [5.41, 5.74) is 6.15. The Bertz CT molecular complexity index is 1950. The van der Waals surface area contributed by atoms with E-state index in [4.69, 9.17) is 31.8 Å². The lowest BCUT2D eigenvalue weighted by Gasteiger charge is -2.32. The molecule has 4 aliphatic heterocycles. The predicted molar refractivity (Wildman–Crippen MR) is 174 cm³/mol. The molecule has 6 heterocycles. The minimum absolute atomic E-state index is 0.0382. The van der Waals surface area contributed by atoms with Crippen molar-refractivity contribution in [1.82, 2.24) is 14.9 Å². The number of nitrogens with zero attached hydrogens (tertiary/aromatic N) is 5. The van der Waals surface area contributed by atoms with Crippen LogP contribution in [0.1, 0.15) is 51.0 Å². The number of nitrogens with two attached hydrogens (primary N) is 1. The van der Waals surface area contributed by atoms with Gasteiger partial charge < -0.3 is 25.2 Å². The fourth-order valence-electron chi connectivity index (χ4n) is 8.26. The second-order valence-electron chi connectivity index (χ2n) is 13.2. The van der Waals surface area contributed by atoms with Gasteiger partial charge in [0.05, 0.1) is 38.4 Å². The number of ether oxygens (including phenoxy) is 2. The Balaban J connectivity index is 1.35. The van der Waals surface area contributed by atoms with Crippen LogP contribution in [0.5, 0.6) is 11.8 Å². The summed E-state index contributed by atoms with van der Waals surface area (Å²) < 4.78 is 45.0. The van der Waals surface area contributed by atoms with Crippen molar-refractivity contribution < 1.29 is 23.4 Å². The molecule has 8 rings (SSSR count). The van der Waals surface area contributed by atoms with Gasteiger partial charge >= 0.3 is 6.01 Å². The van der Waals surface area contributed by atoms with Gasteiger partial charge in [-0.3, -0.25) is 4.90 Å². The van der Waals surface area contributed by atoms with Crippen molar-refractivity contribution in [1.29, 1.82) is 5.26 Å². The van der Waals surface area contributed by atoms with E-state index in [0.717, 1.165) is 43.7 Å². The van der Waals surface area contributed by atoms with E-state index in [-0.39, 0.29) is 72.3 Å². The minimum Gasteiger partial charge on any atom is -0.489 e. The van der Waals surface area contributed by atoms with E-state index in [1.807, 2.05) is 6.07 Å². The van der Waals surface area contributed by atoms with E-state index in [1.165, 1.54) is 12.1 Å². The van der Waals surface area contributed by atoms with Gasteiger partial charge in [-0.25, -0.2) is 8.78 Å². The van der Waals surface area contributed by atoms with E-state index >= 15 is 4.39 Å². The summed E-state index contributed by atoms with van der Waals surface area (Å²) in [4.78, 5) is 14.1. The highest BCUT2D eigenvalue weighted by atomic mass is 35.5. The van der Waals surface area contributed by atoms with Crippen molar-refractivity contribution in [3.63, 3.8) is 0 Å². The zero-order chi connectivity index (χ0) is 31.9.